The van der Waals surface area contributed by atoms with Crippen LogP contribution in [0.15, 0.2) is 16.7 Å². The molecule has 1 atom stereocenters. The van der Waals surface area contributed by atoms with Crippen molar-refractivity contribution in [1.29, 1.82) is 0 Å². The molecule has 1 aromatic heterocycles. The molecule has 2 heterocycles. The van der Waals surface area contributed by atoms with Gasteiger partial charge in [0, 0.05) is 12.5 Å². The van der Waals surface area contributed by atoms with E-state index < -0.39 is 0 Å². The van der Waals surface area contributed by atoms with Gasteiger partial charge in [-0.1, -0.05) is 0 Å². The van der Waals surface area contributed by atoms with E-state index in [-0.39, 0.29) is 5.78 Å². The Morgan fingerprint density at radius 1 is 1.67 bits per heavy atom. The largest absolute Gasteiger partial charge is 0.469 e. The predicted octanol–water partition coefficient (Wildman–Crippen LogP) is 0.996. The van der Waals surface area contributed by atoms with E-state index in [2.05, 4.69) is 5.32 Å². The lowest BCUT2D eigenvalue weighted by molar-refractivity contribution is 0.0991. The Bertz CT molecular complexity index is 303. The van der Waals surface area contributed by atoms with Gasteiger partial charge < -0.3 is 9.73 Å². The zero-order valence-corrected chi connectivity index (χ0v) is 6.96. The molecular formula is C9H11NO2. The maximum atomic E-state index is 11.4. The number of hydrogen-bond donors (Lipinski definition) is 1. The van der Waals surface area contributed by atoms with Crippen molar-refractivity contribution in [3.05, 3.63) is 23.7 Å². The van der Waals surface area contributed by atoms with Gasteiger partial charge in [0.05, 0.1) is 18.4 Å². The van der Waals surface area contributed by atoms with Crippen molar-refractivity contribution in [2.75, 3.05) is 6.54 Å². The van der Waals surface area contributed by atoms with E-state index in [1.54, 1.807) is 12.3 Å². The average molecular weight is 165 g/mol. The van der Waals surface area contributed by atoms with Crippen LogP contribution in [-0.2, 0) is 6.42 Å². The minimum atomic E-state index is 0.128. The smallest absolute Gasteiger partial charge is 0.180 e. The van der Waals surface area contributed by atoms with Crippen molar-refractivity contribution in [3.8, 4) is 0 Å². The Kier molecular flexibility index (Phi) is 1.73. The van der Waals surface area contributed by atoms with Crippen molar-refractivity contribution < 1.29 is 9.21 Å². The summed E-state index contributed by atoms with van der Waals surface area (Å²) in [6.07, 6.45) is 2.38. The molecule has 0 spiro atoms. The number of rotatable bonds is 0. The van der Waals surface area contributed by atoms with Gasteiger partial charge in [-0.25, -0.2) is 0 Å². The number of carbonyl (C=O) groups is 1. The van der Waals surface area contributed by atoms with Gasteiger partial charge in [-0.15, -0.1) is 0 Å². The SMILES string of the molecule is CC1Cc2occc2C(=O)CN1. The second-order valence-corrected chi connectivity index (χ2v) is 3.17. The second-order valence-electron chi connectivity index (χ2n) is 3.17. The molecule has 3 nitrogen and oxygen atoms in total. The lowest BCUT2D eigenvalue weighted by Gasteiger charge is -2.06. The Morgan fingerprint density at radius 2 is 2.50 bits per heavy atom. The van der Waals surface area contributed by atoms with Crippen LogP contribution in [0.4, 0.5) is 0 Å². The molecule has 2 rings (SSSR count). The van der Waals surface area contributed by atoms with E-state index in [9.17, 15) is 4.79 Å². The topological polar surface area (TPSA) is 42.2 Å². The molecule has 3 heteroatoms. The molecule has 0 fully saturated rings. The minimum absolute atomic E-state index is 0.128. The van der Waals surface area contributed by atoms with E-state index >= 15 is 0 Å². The van der Waals surface area contributed by atoms with Crippen molar-refractivity contribution in [2.45, 2.75) is 19.4 Å². The van der Waals surface area contributed by atoms with E-state index in [4.69, 9.17) is 4.42 Å². The van der Waals surface area contributed by atoms with E-state index in [0.29, 0.717) is 12.6 Å². The Balaban J connectivity index is 2.38. The monoisotopic (exact) mass is 165 g/mol. The first-order chi connectivity index (χ1) is 5.77. The molecule has 1 unspecified atom stereocenters. The number of fused-ring (bicyclic) bond motifs is 1. The average Bonchev–Trinajstić information content (AvgIpc) is 2.44. The Morgan fingerprint density at radius 3 is 3.33 bits per heavy atom. The van der Waals surface area contributed by atoms with Crippen LogP contribution in [0.5, 0.6) is 0 Å². The number of hydrogen-bond acceptors (Lipinski definition) is 3. The van der Waals surface area contributed by atoms with Crippen LogP contribution in [0.1, 0.15) is 23.0 Å². The number of ketones is 1. The fourth-order valence-electron chi connectivity index (χ4n) is 1.46. The molecule has 0 saturated carbocycles. The summed E-state index contributed by atoms with van der Waals surface area (Å²) in [5.41, 5.74) is 0.742. The number of carbonyl (C=O) groups excluding carboxylic acids is 1. The molecule has 0 radical (unpaired) electrons. The summed E-state index contributed by atoms with van der Waals surface area (Å²) in [4.78, 5) is 11.4. The summed E-state index contributed by atoms with van der Waals surface area (Å²) < 4.78 is 5.22. The summed E-state index contributed by atoms with van der Waals surface area (Å²) in [5, 5.41) is 3.12. The number of nitrogens with one attached hydrogen (secondary N) is 1. The molecule has 0 aliphatic carbocycles. The van der Waals surface area contributed by atoms with Gasteiger partial charge in [-0.05, 0) is 13.0 Å². The van der Waals surface area contributed by atoms with Crippen LogP contribution in [-0.4, -0.2) is 18.4 Å². The van der Waals surface area contributed by atoms with Crippen molar-refractivity contribution >= 4 is 5.78 Å². The second kappa shape index (κ2) is 2.75. The van der Waals surface area contributed by atoms with Gasteiger partial charge in [0.2, 0.25) is 0 Å². The Labute approximate surface area is 70.8 Å². The zero-order valence-electron chi connectivity index (χ0n) is 6.96. The summed E-state index contributed by atoms with van der Waals surface area (Å²) in [6.45, 7) is 2.47. The van der Waals surface area contributed by atoms with E-state index in [1.807, 2.05) is 6.92 Å². The quantitative estimate of drug-likeness (QED) is 0.623. The van der Waals surface area contributed by atoms with Gasteiger partial charge in [0.15, 0.2) is 5.78 Å². The molecule has 0 saturated heterocycles. The van der Waals surface area contributed by atoms with Gasteiger partial charge in [0.1, 0.15) is 5.76 Å². The number of Topliss-reactive ketones (excluding diaryl/α,β-unsaturated/α-hetero) is 1. The molecule has 1 N–H and O–H groups in total. The fraction of sp³-hybridized carbons (Fsp3) is 0.444. The number of furan rings is 1. The maximum Gasteiger partial charge on any atom is 0.180 e. The molecular weight excluding hydrogens is 154 g/mol. The fourth-order valence-corrected chi connectivity index (χ4v) is 1.46. The van der Waals surface area contributed by atoms with Gasteiger partial charge in [0.25, 0.3) is 0 Å². The first kappa shape index (κ1) is 7.55. The molecule has 0 amide bonds. The third kappa shape index (κ3) is 1.16. The zero-order chi connectivity index (χ0) is 8.55. The third-order valence-corrected chi connectivity index (χ3v) is 2.15. The molecule has 1 aromatic rings. The highest BCUT2D eigenvalue weighted by molar-refractivity contribution is 5.98. The highest BCUT2D eigenvalue weighted by Gasteiger charge is 2.20. The van der Waals surface area contributed by atoms with E-state index in [0.717, 1.165) is 17.7 Å². The predicted molar refractivity (Wildman–Crippen MR) is 44.2 cm³/mol. The summed E-state index contributed by atoms with van der Waals surface area (Å²) in [7, 11) is 0. The van der Waals surface area contributed by atoms with Gasteiger partial charge >= 0.3 is 0 Å². The summed E-state index contributed by atoms with van der Waals surface area (Å²) >= 11 is 0. The molecule has 64 valence electrons. The van der Waals surface area contributed by atoms with Crippen LogP contribution in [0.25, 0.3) is 0 Å². The first-order valence-corrected chi connectivity index (χ1v) is 4.10. The van der Waals surface area contributed by atoms with Gasteiger partial charge in [-0.3, -0.25) is 4.79 Å². The lowest BCUT2D eigenvalue weighted by atomic mass is 10.1. The van der Waals surface area contributed by atoms with Crippen molar-refractivity contribution in [1.82, 2.24) is 5.32 Å². The molecule has 0 bridgehead atoms. The summed E-state index contributed by atoms with van der Waals surface area (Å²) in [6, 6.07) is 2.07. The van der Waals surface area contributed by atoms with Crippen molar-refractivity contribution in [2.24, 2.45) is 0 Å². The van der Waals surface area contributed by atoms with Crippen LogP contribution in [0.2, 0.25) is 0 Å². The first-order valence-electron chi connectivity index (χ1n) is 4.10. The Hall–Kier alpha value is -1.09. The highest BCUT2D eigenvalue weighted by Crippen LogP contribution is 2.15. The molecule has 1 aliphatic rings. The standard InChI is InChI=1S/C9H11NO2/c1-6-4-9-7(2-3-12-9)8(11)5-10-6/h2-3,6,10H,4-5H2,1H3. The van der Waals surface area contributed by atoms with Crippen LogP contribution < -0.4 is 5.32 Å². The van der Waals surface area contributed by atoms with Crippen LogP contribution >= 0.6 is 0 Å². The maximum absolute atomic E-state index is 11.4. The highest BCUT2D eigenvalue weighted by atomic mass is 16.3. The van der Waals surface area contributed by atoms with Crippen LogP contribution in [0.3, 0.4) is 0 Å². The van der Waals surface area contributed by atoms with E-state index in [1.165, 1.54) is 0 Å². The van der Waals surface area contributed by atoms with Crippen LogP contribution in [0, 0.1) is 0 Å². The molecule has 12 heavy (non-hydrogen) atoms. The minimum Gasteiger partial charge on any atom is -0.469 e. The third-order valence-electron chi connectivity index (χ3n) is 2.15. The van der Waals surface area contributed by atoms with Crippen molar-refractivity contribution in [3.63, 3.8) is 0 Å². The molecule has 1 aliphatic heterocycles. The van der Waals surface area contributed by atoms with Gasteiger partial charge in [-0.2, -0.15) is 0 Å². The summed E-state index contributed by atoms with van der Waals surface area (Å²) in [5.74, 6) is 0.945. The lowest BCUT2D eigenvalue weighted by Crippen LogP contribution is -2.29. The molecule has 0 aromatic carbocycles. The normalized spacial score (nSPS) is 23.4.